The first-order valence-electron chi connectivity index (χ1n) is 16.9. The fraction of sp³-hybridized carbons (Fsp3) is 0.429. The second-order valence-corrected chi connectivity index (χ2v) is 15.6. The van der Waals surface area contributed by atoms with Gasteiger partial charge < -0.3 is 23.5 Å². The summed E-state index contributed by atoms with van der Waals surface area (Å²) < 4.78 is 106. The first-order valence-corrected chi connectivity index (χ1v) is 19.7. The average Bonchev–Trinajstić information content (AvgIpc) is 3.09. The van der Waals surface area contributed by atoms with Crippen LogP contribution in [0.25, 0.3) is 37.5 Å². The van der Waals surface area contributed by atoms with Gasteiger partial charge in [0.15, 0.2) is 23.2 Å². The molecular weight excluding hydrogens is 710 g/mol. The molecule has 0 saturated heterocycles. The van der Waals surface area contributed by atoms with Gasteiger partial charge in [0.05, 0.1) is 11.0 Å². The molecule has 276 valence electrons. The highest BCUT2D eigenvalue weighted by molar-refractivity contribution is 8.12. The molecule has 0 bridgehead atoms. The van der Waals surface area contributed by atoms with Crippen LogP contribution in [0.3, 0.4) is 0 Å². The molecule has 51 heavy (non-hydrogen) atoms. The number of hydrogen-bond acceptors (Lipinski definition) is 8. The second kappa shape index (κ2) is 15.6. The molecule has 16 heteroatoms. The van der Waals surface area contributed by atoms with Gasteiger partial charge in [-0.3, -0.25) is 0 Å². The third-order valence-corrected chi connectivity index (χ3v) is 12.1. The van der Waals surface area contributed by atoms with E-state index in [1.54, 1.807) is 30.3 Å². The van der Waals surface area contributed by atoms with Gasteiger partial charge in [0.1, 0.15) is 27.9 Å². The summed E-state index contributed by atoms with van der Waals surface area (Å²) in [6.45, 7) is 8.32. The summed E-state index contributed by atoms with van der Waals surface area (Å²) >= 11 is 0. The van der Waals surface area contributed by atoms with Gasteiger partial charge in [-0.2, -0.15) is 13.2 Å². The van der Waals surface area contributed by atoms with Crippen molar-refractivity contribution in [3.05, 3.63) is 70.1 Å². The van der Waals surface area contributed by atoms with Crippen LogP contribution in [0, 0.1) is 0 Å². The molecule has 1 heterocycles. The van der Waals surface area contributed by atoms with Gasteiger partial charge >= 0.3 is 11.6 Å². The summed E-state index contributed by atoms with van der Waals surface area (Å²) in [7, 11) is -11.8. The summed E-state index contributed by atoms with van der Waals surface area (Å²) in [6.07, 6.45) is 4.72. The van der Waals surface area contributed by atoms with Crippen molar-refractivity contribution < 1.29 is 44.0 Å². The van der Waals surface area contributed by atoms with E-state index in [1.807, 2.05) is 31.4 Å². The zero-order valence-corrected chi connectivity index (χ0v) is 30.2. The lowest BCUT2D eigenvalue weighted by molar-refractivity contribution is -0.0425. The summed E-state index contributed by atoms with van der Waals surface area (Å²) in [5, 5.41) is 4.08. The minimum Gasteiger partial charge on any atom is -0.456 e. The van der Waals surface area contributed by atoms with Gasteiger partial charge in [-0.25, -0.2) is 26.2 Å². The maximum Gasteiger partial charge on any atom is 0.480 e. The number of fused-ring (bicyclic) bond motifs is 2. The SMILES string of the molecule is CCN(CC)c1ccc2c(-c3ccccc3S(=O)(=O)[N-]S(=O)(=O)C(F)(F)F)c3ccc(=[N+](CC)CCOC(=O)NC4CCCCC4)cc-3oc2c1. The van der Waals surface area contributed by atoms with Gasteiger partial charge in [0, 0.05) is 59.0 Å². The highest BCUT2D eigenvalue weighted by atomic mass is 32.3. The van der Waals surface area contributed by atoms with Crippen LogP contribution in [-0.2, 0) is 24.8 Å². The maximum atomic E-state index is 13.3. The Bertz CT molecular complexity index is 2140. The van der Waals surface area contributed by atoms with Crippen molar-refractivity contribution in [2.24, 2.45) is 0 Å². The summed E-state index contributed by atoms with van der Waals surface area (Å²) in [5.74, 6) is 0.327. The van der Waals surface area contributed by atoms with Crippen molar-refractivity contribution in [2.45, 2.75) is 69.3 Å². The van der Waals surface area contributed by atoms with Crippen LogP contribution in [0.1, 0.15) is 52.9 Å². The molecule has 5 rings (SSSR count). The number of nitrogens with zero attached hydrogens (tertiary/aromatic N) is 3. The molecular formula is C35H41F3N4O7S2. The minimum absolute atomic E-state index is 0.0579. The molecule has 2 aliphatic carbocycles. The molecule has 2 aromatic rings. The van der Waals surface area contributed by atoms with Crippen LogP contribution in [0.4, 0.5) is 23.7 Å². The average molecular weight is 751 g/mol. The maximum absolute atomic E-state index is 13.3. The number of hydrogen-bond donors (Lipinski definition) is 1. The molecule has 1 N–H and O–H groups in total. The number of amides is 1. The largest absolute Gasteiger partial charge is 0.480 e. The fourth-order valence-corrected chi connectivity index (χ4v) is 8.81. The zero-order valence-electron chi connectivity index (χ0n) is 28.6. The molecule has 1 amide bonds. The predicted octanol–water partition coefficient (Wildman–Crippen LogP) is 6.81. The highest BCUT2D eigenvalue weighted by Gasteiger charge is 2.41. The van der Waals surface area contributed by atoms with Crippen molar-refractivity contribution in [2.75, 3.05) is 37.7 Å². The van der Waals surface area contributed by atoms with Crippen LogP contribution in [-0.4, -0.2) is 67.3 Å². The zero-order chi connectivity index (χ0) is 37.0. The van der Waals surface area contributed by atoms with Gasteiger partial charge in [0.25, 0.3) is 0 Å². The van der Waals surface area contributed by atoms with E-state index < -0.39 is 36.5 Å². The van der Waals surface area contributed by atoms with Crippen LogP contribution < -0.4 is 20.1 Å². The molecule has 11 nitrogen and oxygen atoms in total. The molecule has 0 radical (unpaired) electrons. The number of ether oxygens (including phenoxy) is 1. The lowest BCUT2D eigenvalue weighted by Crippen LogP contribution is -2.38. The number of halogens is 3. The fourth-order valence-electron chi connectivity index (χ4n) is 6.42. The number of sulfonamides is 2. The van der Waals surface area contributed by atoms with Gasteiger partial charge in [-0.1, -0.05) is 37.5 Å². The molecule has 0 atom stereocenters. The topological polar surface area (TPSA) is 140 Å². The predicted molar refractivity (Wildman–Crippen MR) is 189 cm³/mol. The summed E-state index contributed by atoms with van der Waals surface area (Å²) in [4.78, 5) is 13.8. The number of anilines is 1. The van der Waals surface area contributed by atoms with Crippen LogP contribution in [0.2, 0.25) is 0 Å². The number of alkyl halides is 3. The number of likely N-dealkylation sites (N-methyl/N-ethyl adjacent to an activating group) is 1. The summed E-state index contributed by atoms with van der Waals surface area (Å²) in [5.41, 5.74) is -4.07. The number of carbonyl (C=O) groups excluding carboxylic acids is 1. The number of alkyl carbamates (subject to hydrolysis) is 1. The normalized spacial score (nSPS) is 15.2. The Hall–Kier alpha value is -4.15. The Morgan fingerprint density at radius 2 is 1.67 bits per heavy atom. The van der Waals surface area contributed by atoms with Crippen molar-refractivity contribution in [3.8, 4) is 22.5 Å². The van der Waals surface area contributed by atoms with E-state index in [0.29, 0.717) is 59.4 Å². The van der Waals surface area contributed by atoms with E-state index in [4.69, 9.17) is 9.15 Å². The van der Waals surface area contributed by atoms with E-state index in [1.165, 1.54) is 24.6 Å². The molecule has 1 aliphatic heterocycles. The van der Waals surface area contributed by atoms with Gasteiger partial charge in [-0.05, 0) is 57.9 Å². The second-order valence-electron chi connectivity index (χ2n) is 12.2. The third kappa shape index (κ3) is 8.50. The molecule has 3 aliphatic rings. The van der Waals surface area contributed by atoms with Crippen LogP contribution in [0.15, 0.2) is 70.0 Å². The number of benzene rings is 3. The molecule has 0 unspecified atom stereocenters. The lowest BCUT2D eigenvalue weighted by atomic mass is 9.93. The van der Waals surface area contributed by atoms with E-state index in [0.717, 1.165) is 37.4 Å². The summed E-state index contributed by atoms with van der Waals surface area (Å²) in [6, 6.07) is 15.9. The number of rotatable bonds is 12. The standard InChI is InChI=1S/C35H41F3N4O7S2/c1-4-41(5-2)25-16-18-27-30(22-25)49-31-23-26(42(6-3)20-21-48-34(43)39-24-12-8-7-9-13-24)17-19-28(31)33(27)29-14-10-11-15-32(29)50(44,45)40-51(46,47)35(36,37)38/h10-11,14-19,22-24H,4-9,12-13,20-21H2,1-3H3,(H,39,43). The van der Waals surface area contributed by atoms with E-state index in [9.17, 15) is 34.8 Å². The Balaban J connectivity index is 1.63. The van der Waals surface area contributed by atoms with Crippen molar-refractivity contribution in [3.63, 3.8) is 0 Å². The van der Waals surface area contributed by atoms with E-state index in [-0.39, 0.29) is 18.2 Å². The first-order chi connectivity index (χ1) is 24.2. The van der Waals surface area contributed by atoms with E-state index >= 15 is 0 Å². The van der Waals surface area contributed by atoms with E-state index in [2.05, 4.69) is 14.3 Å². The third-order valence-electron chi connectivity index (χ3n) is 9.01. The molecule has 1 saturated carbocycles. The number of nitrogens with one attached hydrogen (secondary N) is 1. The van der Waals surface area contributed by atoms with Crippen LogP contribution >= 0.6 is 0 Å². The Labute approximate surface area is 295 Å². The monoisotopic (exact) mass is 750 g/mol. The quantitative estimate of drug-likeness (QED) is 0.123. The minimum atomic E-state index is -6.38. The molecule has 0 aromatic heterocycles. The molecule has 1 fully saturated rings. The highest BCUT2D eigenvalue weighted by Crippen LogP contribution is 2.44. The first kappa shape index (κ1) is 38.1. The van der Waals surface area contributed by atoms with Crippen molar-refractivity contribution in [1.82, 2.24) is 9.89 Å². The molecule has 0 spiro atoms. The van der Waals surface area contributed by atoms with Gasteiger partial charge in [-0.15, -0.1) is 0 Å². The Kier molecular flexibility index (Phi) is 11.7. The van der Waals surface area contributed by atoms with Crippen LogP contribution in [0.5, 0.6) is 0 Å². The number of carbonyl (C=O) groups is 1. The smallest absolute Gasteiger partial charge is 0.456 e. The van der Waals surface area contributed by atoms with Crippen molar-refractivity contribution in [1.29, 1.82) is 0 Å². The lowest BCUT2D eigenvalue weighted by Gasteiger charge is -2.25. The Morgan fingerprint density at radius 1 is 0.961 bits per heavy atom. The molecule has 2 aromatic carbocycles. The van der Waals surface area contributed by atoms with Gasteiger partial charge in [0.2, 0.25) is 5.36 Å². The van der Waals surface area contributed by atoms with Crippen molar-refractivity contribution >= 4 is 42.8 Å². The Morgan fingerprint density at radius 3 is 2.33 bits per heavy atom.